The van der Waals surface area contributed by atoms with Gasteiger partial charge in [0.2, 0.25) is 11.8 Å². The second-order valence-electron chi connectivity index (χ2n) is 5.47. The lowest BCUT2D eigenvalue weighted by Crippen LogP contribution is -2.26. The van der Waals surface area contributed by atoms with Gasteiger partial charge in [-0.15, -0.1) is 0 Å². The van der Waals surface area contributed by atoms with Gasteiger partial charge in [0.1, 0.15) is 5.82 Å². The van der Waals surface area contributed by atoms with Crippen molar-refractivity contribution in [1.29, 1.82) is 0 Å². The first kappa shape index (κ1) is 14.6. The van der Waals surface area contributed by atoms with E-state index in [-0.39, 0.29) is 18.2 Å². The van der Waals surface area contributed by atoms with Crippen LogP contribution in [0.1, 0.15) is 44.8 Å². The van der Waals surface area contributed by atoms with Gasteiger partial charge in [0.05, 0.1) is 11.7 Å². The number of carbonyl (C=O) groups excluding carboxylic acids is 2. The van der Waals surface area contributed by atoms with Crippen molar-refractivity contribution in [2.75, 3.05) is 11.9 Å². The number of aromatic nitrogens is 2. The Morgan fingerprint density at radius 2 is 2.20 bits per heavy atom. The van der Waals surface area contributed by atoms with Crippen molar-refractivity contribution in [1.82, 2.24) is 15.1 Å². The van der Waals surface area contributed by atoms with Crippen molar-refractivity contribution >= 4 is 17.6 Å². The third kappa shape index (κ3) is 3.82. The Kier molecular flexibility index (Phi) is 4.42. The molecule has 1 aromatic rings. The molecule has 1 aliphatic carbocycles. The van der Waals surface area contributed by atoms with Gasteiger partial charge < -0.3 is 10.6 Å². The SMILES string of the molecule is CC(=O)NCCC(=O)Nc1cc(C)nn1[C@@H](C)C1CC1. The van der Waals surface area contributed by atoms with Gasteiger partial charge in [0.25, 0.3) is 0 Å². The average Bonchev–Trinajstić information content (AvgIpc) is 3.13. The molecule has 0 saturated heterocycles. The number of nitrogens with zero attached hydrogens (tertiary/aromatic N) is 2. The molecule has 20 heavy (non-hydrogen) atoms. The molecule has 0 aromatic carbocycles. The number of anilines is 1. The summed E-state index contributed by atoms with van der Waals surface area (Å²) >= 11 is 0. The maximum Gasteiger partial charge on any atom is 0.227 e. The zero-order valence-electron chi connectivity index (χ0n) is 12.3. The van der Waals surface area contributed by atoms with Crippen LogP contribution in [0.2, 0.25) is 0 Å². The molecule has 1 saturated carbocycles. The predicted molar refractivity (Wildman–Crippen MR) is 76.3 cm³/mol. The summed E-state index contributed by atoms with van der Waals surface area (Å²) in [7, 11) is 0. The van der Waals surface area contributed by atoms with E-state index in [4.69, 9.17) is 0 Å². The van der Waals surface area contributed by atoms with Gasteiger partial charge in [0.15, 0.2) is 0 Å². The fourth-order valence-corrected chi connectivity index (χ4v) is 2.26. The van der Waals surface area contributed by atoms with E-state index in [1.54, 1.807) is 0 Å². The van der Waals surface area contributed by atoms with E-state index >= 15 is 0 Å². The molecule has 6 heteroatoms. The Morgan fingerprint density at radius 1 is 1.50 bits per heavy atom. The quantitative estimate of drug-likeness (QED) is 0.830. The van der Waals surface area contributed by atoms with Crippen LogP contribution >= 0.6 is 0 Å². The highest BCUT2D eigenvalue weighted by molar-refractivity contribution is 5.90. The average molecular weight is 278 g/mol. The number of hydrogen-bond acceptors (Lipinski definition) is 3. The van der Waals surface area contributed by atoms with Crippen molar-refractivity contribution < 1.29 is 9.59 Å². The minimum Gasteiger partial charge on any atom is -0.356 e. The van der Waals surface area contributed by atoms with Crippen molar-refractivity contribution in [2.45, 2.75) is 46.1 Å². The van der Waals surface area contributed by atoms with E-state index in [2.05, 4.69) is 22.7 Å². The van der Waals surface area contributed by atoms with Gasteiger partial charge in [-0.3, -0.25) is 9.59 Å². The van der Waals surface area contributed by atoms with Crippen molar-refractivity contribution in [3.05, 3.63) is 11.8 Å². The largest absolute Gasteiger partial charge is 0.356 e. The minimum absolute atomic E-state index is 0.108. The van der Waals surface area contributed by atoms with Crippen LogP contribution < -0.4 is 10.6 Å². The minimum atomic E-state index is -0.124. The zero-order valence-corrected chi connectivity index (χ0v) is 12.3. The first-order chi connectivity index (χ1) is 9.47. The van der Waals surface area contributed by atoms with Gasteiger partial charge in [-0.2, -0.15) is 5.10 Å². The Bertz CT molecular complexity index is 505. The summed E-state index contributed by atoms with van der Waals surface area (Å²) in [6.07, 6.45) is 2.73. The number of rotatable bonds is 6. The van der Waals surface area contributed by atoms with Gasteiger partial charge in [-0.1, -0.05) is 0 Å². The first-order valence-electron chi connectivity index (χ1n) is 7.08. The summed E-state index contributed by atoms with van der Waals surface area (Å²) < 4.78 is 1.91. The maximum atomic E-state index is 11.9. The van der Waals surface area contributed by atoms with Gasteiger partial charge >= 0.3 is 0 Å². The molecule has 1 atom stereocenters. The number of amides is 2. The fraction of sp³-hybridized carbons (Fsp3) is 0.643. The van der Waals surface area contributed by atoms with E-state index in [1.807, 2.05) is 17.7 Å². The summed E-state index contributed by atoms with van der Waals surface area (Å²) in [4.78, 5) is 22.6. The van der Waals surface area contributed by atoms with Crippen LogP contribution in [0, 0.1) is 12.8 Å². The second-order valence-corrected chi connectivity index (χ2v) is 5.47. The normalized spacial score (nSPS) is 15.8. The Balaban J connectivity index is 1.94. The fourth-order valence-electron chi connectivity index (χ4n) is 2.26. The van der Waals surface area contributed by atoms with Crippen LogP contribution in [0.15, 0.2) is 6.07 Å². The summed E-state index contributed by atoms with van der Waals surface area (Å²) in [5, 5.41) is 9.96. The molecule has 2 amide bonds. The van der Waals surface area contributed by atoms with Crippen LogP contribution in [0.4, 0.5) is 5.82 Å². The van der Waals surface area contributed by atoms with E-state index in [0.717, 1.165) is 11.5 Å². The molecule has 110 valence electrons. The van der Waals surface area contributed by atoms with Crippen molar-refractivity contribution in [3.63, 3.8) is 0 Å². The third-order valence-electron chi connectivity index (χ3n) is 3.54. The van der Waals surface area contributed by atoms with E-state index < -0.39 is 0 Å². The Morgan fingerprint density at radius 3 is 2.80 bits per heavy atom. The molecule has 6 nitrogen and oxygen atoms in total. The molecular formula is C14H22N4O2. The highest BCUT2D eigenvalue weighted by Crippen LogP contribution is 2.40. The van der Waals surface area contributed by atoms with E-state index in [1.165, 1.54) is 19.8 Å². The lowest BCUT2D eigenvalue weighted by Gasteiger charge is -2.15. The molecule has 1 aromatic heterocycles. The number of carbonyl (C=O) groups is 2. The van der Waals surface area contributed by atoms with Gasteiger partial charge in [-0.25, -0.2) is 4.68 Å². The van der Waals surface area contributed by atoms with E-state index in [9.17, 15) is 9.59 Å². The molecule has 1 heterocycles. The number of aryl methyl sites for hydroxylation is 1. The van der Waals surface area contributed by atoms with Crippen LogP contribution in [-0.2, 0) is 9.59 Å². The van der Waals surface area contributed by atoms with Crippen LogP contribution in [0.25, 0.3) is 0 Å². The zero-order chi connectivity index (χ0) is 14.7. The van der Waals surface area contributed by atoms with Crippen LogP contribution in [-0.4, -0.2) is 28.1 Å². The van der Waals surface area contributed by atoms with Crippen LogP contribution in [0.3, 0.4) is 0 Å². The van der Waals surface area contributed by atoms with E-state index in [0.29, 0.717) is 18.5 Å². The topological polar surface area (TPSA) is 76.0 Å². The molecule has 0 spiro atoms. The summed E-state index contributed by atoms with van der Waals surface area (Å²) in [5.41, 5.74) is 0.898. The number of nitrogens with one attached hydrogen (secondary N) is 2. The van der Waals surface area contributed by atoms with Gasteiger partial charge in [-0.05, 0) is 32.6 Å². The standard InChI is InChI=1S/C14H22N4O2/c1-9-8-13(16-14(20)6-7-15-11(3)19)18(17-9)10(2)12-4-5-12/h8,10,12H,4-7H2,1-3H3,(H,15,19)(H,16,20)/t10-/m0/s1. The molecule has 0 aliphatic heterocycles. The molecule has 0 radical (unpaired) electrons. The maximum absolute atomic E-state index is 11.9. The molecule has 1 aliphatic rings. The van der Waals surface area contributed by atoms with Crippen molar-refractivity contribution in [3.8, 4) is 0 Å². The molecular weight excluding hydrogens is 256 g/mol. The Labute approximate surface area is 118 Å². The molecule has 2 N–H and O–H groups in total. The summed E-state index contributed by atoms with van der Waals surface area (Å²) in [6, 6.07) is 2.20. The number of hydrogen-bond donors (Lipinski definition) is 2. The lowest BCUT2D eigenvalue weighted by atomic mass is 10.2. The van der Waals surface area contributed by atoms with Gasteiger partial charge in [0, 0.05) is 26.0 Å². The summed E-state index contributed by atoms with van der Waals surface area (Å²) in [6.45, 7) is 5.85. The predicted octanol–water partition coefficient (Wildman–Crippen LogP) is 1.63. The third-order valence-corrected chi connectivity index (χ3v) is 3.54. The molecule has 0 unspecified atom stereocenters. The molecule has 2 rings (SSSR count). The lowest BCUT2D eigenvalue weighted by molar-refractivity contribution is -0.119. The Hall–Kier alpha value is -1.85. The van der Waals surface area contributed by atoms with Crippen LogP contribution in [0.5, 0.6) is 0 Å². The van der Waals surface area contributed by atoms with Crippen molar-refractivity contribution in [2.24, 2.45) is 5.92 Å². The highest BCUT2D eigenvalue weighted by Gasteiger charge is 2.31. The highest BCUT2D eigenvalue weighted by atomic mass is 16.2. The second kappa shape index (κ2) is 6.07. The molecule has 0 bridgehead atoms. The summed E-state index contributed by atoms with van der Waals surface area (Å²) in [5.74, 6) is 1.18. The molecule has 1 fully saturated rings. The first-order valence-corrected chi connectivity index (χ1v) is 7.08. The smallest absolute Gasteiger partial charge is 0.227 e. The monoisotopic (exact) mass is 278 g/mol.